The molecule has 0 bridgehead atoms. The molecule has 5 heteroatoms. The van der Waals surface area contributed by atoms with Gasteiger partial charge in [0.2, 0.25) is 5.91 Å². The first kappa shape index (κ1) is 13.8. The van der Waals surface area contributed by atoms with Crippen molar-refractivity contribution >= 4 is 39.1 Å². The van der Waals surface area contributed by atoms with Crippen molar-refractivity contribution in [3.8, 4) is 0 Å². The van der Waals surface area contributed by atoms with Gasteiger partial charge in [-0.15, -0.1) is 0 Å². The molecule has 2 unspecified atom stereocenters. The molecule has 0 aliphatic heterocycles. The fourth-order valence-electron chi connectivity index (χ4n) is 2.33. The third-order valence-corrected chi connectivity index (χ3v) is 4.55. The topological polar surface area (TPSA) is 55.1 Å². The van der Waals surface area contributed by atoms with Crippen LogP contribution >= 0.6 is 27.5 Å². The van der Waals surface area contributed by atoms with E-state index in [0.717, 1.165) is 23.7 Å². The molecule has 1 aromatic carbocycles. The number of anilines is 1. The van der Waals surface area contributed by atoms with Gasteiger partial charge < -0.3 is 11.1 Å². The molecule has 1 saturated carbocycles. The third kappa shape index (κ3) is 2.56. The van der Waals surface area contributed by atoms with E-state index in [1.54, 1.807) is 12.1 Å². The highest BCUT2D eigenvalue weighted by Gasteiger charge is 2.43. The lowest BCUT2D eigenvalue weighted by molar-refractivity contribution is -0.125. The lowest BCUT2D eigenvalue weighted by Gasteiger charge is -2.27. The summed E-state index contributed by atoms with van der Waals surface area (Å²) in [6, 6.07) is 5.30. The molecule has 2 atom stereocenters. The van der Waals surface area contributed by atoms with E-state index in [0.29, 0.717) is 10.7 Å². The summed E-state index contributed by atoms with van der Waals surface area (Å²) >= 11 is 9.42. The first-order valence-electron chi connectivity index (χ1n) is 5.95. The van der Waals surface area contributed by atoms with Crippen molar-refractivity contribution in [2.45, 2.75) is 32.2 Å². The Labute approximate surface area is 120 Å². The van der Waals surface area contributed by atoms with E-state index in [1.807, 2.05) is 13.0 Å². The smallest absolute Gasteiger partial charge is 0.231 e. The second-order valence-corrected chi connectivity index (χ2v) is 6.32. The van der Waals surface area contributed by atoms with E-state index in [9.17, 15) is 4.79 Å². The zero-order valence-corrected chi connectivity index (χ0v) is 12.5. The summed E-state index contributed by atoms with van der Waals surface area (Å²) in [5.74, 6) is -0.0486. The number of amides is 1. The molecule has 1 aliphatic rings. The Morgan fingerprint density at radius 3 is 2.94 bits per heavy atom. The average Bonchev–Trinajstić information content (AvgIpc) is 2.66. The van der Waals surface area contributed by atoms with Gasteiger partial charge in [-0.3, -0.25) is 4.79 Å². The SMILES string of the molecule is CC1(C(=O)Nc2cc(Br)ccc2Cl)CCCC1N. The Morgan fingerprint density at radius 1 is 1.61 bits per heavy atom. The predicted molar refractivity (Wildman–Crippen MR) is 77.7 cm³/mol. The highest BCUT2D eigenvalue weighted by atomic mass is 79.9. The monoisotopic (exact) mass is 330 g/mol. The van der Waals surface area contributed by atoms with Gasteiger partial charge in [0.05, 0.1) is 16.1 Å². The van der Waals surface area contributed by atoms with Crippen molar-refractivity contribution in [1.29, 1.82) is 0 Å². The molecule has 0 radical (unpaired) electrons. The molecule has 1 fully saturated rings. The second kappa shape index (κ2) is 5.19. The second-order valence-electron chi connectivity index (χ2n) is 4.99. The van der Waals surface area contributed by atoms with Crippen LogP contribution in [0.4, 0.5) is 5.69 Å². The molecule has 1 amide bonds. The number of carbonyl (C=O) groups excluding carboxylic acids is 1. The van der Waals surface area contributed by atoms with Crippen LogP contribution in [0.25, 0.3) is 0 Å². The van der Waals surface area contributed by atoms with Crippen LogP contribution < -0.4 is 11.1 Å². The summed E-state index contributed by atoms with van der Waals surface area (Å²) in [5, 5.41) is 3.41. The van der Waals surface area contributed by atoms with Gasteiger partial charge in [0.15, 0.2) is 0 Å². The van der Waals surface area contributed by atoms with Crippen LogP contribution in [0, 0.1) is 5.41 Å². The summed E-state index contributed by atoms with van der Waals surface area (Å²) in [5.41, 5.74) is 6.16. The van der Waals surface area contributed by atoms with Gasteiger partial charge in [-0.05, 0) is 38.0 Å². The molecule has 3 N–H and O–H groups in total. The van der Waals surface area contributed by atoms with Gasteiger partial charge in [-0.25, -0.2) is 0 Å². The number of benzene rings is 1. The molecule has 3 nitrogen and oxygen atoms in total. The highest BCUT2D eigenvalue weighted by Crippen LogP contribution is 2.38. The Morgan fingerprint density at radius 2 is 2.33 bits per heavy atom. The number of halogens is 2. The summed E-state index contributed by atoms with van der Waals surface area (Å²) < 4.78 is 0.878. The summed E-state index contributed by atoms with van der Waals surface area (Å²) in [6.07, 6.45) is 2.72. The van der Waals surface area contributed by atoms with Gasteiger partial charge in [0.1, 0.15) is 0 Å². The largest absolute Gasteiger partial charge is 0.327 e. The van der Waals surface area contributed by atoms with Crippen molar-refractivity contribution < 1.29 is 4.79 Å². The molecule has 0 saturated heterocycles. The summed E-state index contributed by atoms with van der Waals surface area (Å²) in [7, 11) is 0. The predicted octanol–water partition coefficient (Wildman–Crippen LogP) is 3.56. The molecule has 1 aliphatic carbocycles. The Balaban J connectivity index is 2.19. The normalized spacial score (nSPS) is 27.2. The average molecular weight is 332 g/mol. The number of nitrogens with two attached hydrogens (primary N) is 1. The van der Waals surface area contributed by atoms with Crippen LogP contribution in [-0.4, -0.2) is 11.9 Å². The maximum atomic E-state index is 12.3. The van der Waals surface area contributed by atoms with Crippen molar-refractivity contribution in [2.75, 3.05) is 5.32 Å². The van der Waals surface area contributed by atoms with Crippen molar-refractivity contribution in [3.05, 3.63) is 27.7 Å². The van der Waals surface area contributed by atoms with E-state index in [2.05, 4.69) is 21.2 Å². The summed E-state index contributed by atoms with van der Waals surface area (Å²) in [6.45, 7) is 1.92. The molecule has 0 aromatic heterocycles. The lowest BCUT2D eigenvalue weighted by Crippen LogP contribution is -2.44. The zero-order chi connectivity index (χ0) is 13.3. The van der Waals surface area contributed by atoms with Crippen LogP contribution in [0.5, 0.6) is 0 Å². The van der Waals surface area contributed by atoms with Crippen LogP contribution in [0.2, 0.25) is 5.02 Å². The van der Waals surface area contributed by atoms with Crippen LogP contribution in [0.15, 0.2) is 22.7 Å². The first-order chi connectivity index (χ1) is 8.43. The Kier molecular flexibility index (Phi) is 3.99. The van der Waals surface area contributed by atoms with Crippen molar-refractivity contribution in [2.24, 2.45) is 11.1 Å². The van der Waals surface area contributed by atoms with Crippen LogP contribution in [0.1, 0.15) is 26.2 Å². The van der Waals surface area contributed by atoms with E-state index in [4.69, 9.17) is 17.3 Å². The molecule has 0 spiro atoms. The minimum absolute atomic E-state index is 0.0486. The molecule has 2 rings (SSSR count). The molecule has 18 heavy (non-hydrogen) atoms. The molecular weight excluding hydrogens is 316 g/mol. The lowest BCUT2D eigenvalue weighted by atomic mass is 9.84. The van der Waals surface area contributed by atoms with Gasteiger partial charge >= 0.3 is 0 Å². The quantitative estimate of drug-likeness (QED) is 0.870. The Bertz CT molecular complexity index is 480. The minimum atomic E-state index is -0.494. The van der Waals surface area contributed by atoms with Gasteiger partial charge in [0.25, 0.3) is 0 Å². The standard InChI is InChI=1S/C13H16BrClN2O/c1-13(6-2-3-11(13)16)12(18)17-10-7-8(14)4-5-9(10)15/h4-5,7,11H,2-3,6,16H2,1H3,(H,17,18). The van der Waals surface area contributed by atoms with E-state index in [1.165, 1.54) is 0 Å². The summed E-state index contributed by atoms with van der Waals surface area (Å²) in [4.78, 5) is 12.3. The zero-order valence-electron chi connectivity index (χ0n) is 10.2. The van der Waals surface area contributed by atoms with Gasteiger partial charge in [0, 0.05) is 10.5 Å². The van der Waals surface area contributed by atoms with E-state index < -0.39 is 5.41 Å². The molecule has 1 aromatic rings. The van der Waals surface area contributed by atoms with Crippen molar-refractivity contribution in [3.63, 3.8) is 0 Å². The first-order valence-corrected chi connectivity index (χ1v) is 7.12. The minimum Gasteiger partial charge on any atom is -0.327 e. The Hall–Kier alpha value is -0.580. The molecule has 0 heterocycles. The fraction of sp³-hybridized carbons (Fsp3) is 0.462. The number of hydrogen-bond donors (Lipinski definition) is 2. The van der Waals surface area contributed by atoms with Crippen molar-refractivity contribution in [1.82, 2.24) is 0 Å². The maximum absolute atomic E-state index is 12.3. The van der Waals surface area contributed by atoms with E-state index in [-0.39, 0.29) is 11.9 Å². The van der Waals surface area contributed by atoms with Gasteiger partial charge in [-0.2, -0.15) is 0 Å². The number of rotatable bonds is 2. The number of hydrogen-bond acceptors (Lipinski definition) is 2. The molecule has 98 valence electrons. The molecular formula is C13H16BrClN2O. The third-order valence-electron chi connectivity index (χ3n) is 3.72. The van der Waals surface area contributed by atoms with Crippen LogP contribution in [-0.2, 0) is 4.79 Å². The number of carbonyl (C=O) groups is 1. The fourth-order valence-corrected chi connectivity index (χ4v) is 2.86. The van der Waals surface area contributed by atoms with E-state index >= 15 is 0 Å². The van der Waals surface area contributed by atoms with Crippen LogP contribution in [0.3, 0.4) is 0 Å². The maximum Gasteiger partial charge on any atom is 0.231 e. The number of nitrogens with one attached hydrogen (secondary N) is 1. The highest BCUT2D eigenvalue weighted by molar-refractivity contribution is 9.10. The van der Waals surface area contributed by atoms with Gasteiger partial charge in [-0.1, -0.05) is 34.0 Å².